The van der Waals surface area contributed by atoms with Crippen molar-refractivity contribution in [2.75, 3.05) is 4.90 Å². The lowest BCUT2D eigenvalue weighted by Gasteiger charge is -2.27. The summed E-state index contributed by atoms with van der Waals surface area (Å²) in [6, 6.07) is 66.9. The highest BCUT2D eigenvalue weighted by atomic mass is 16.3. The zero-order valence-corrected chi connectivity index (χ0v) is 28.7. The lowest BCUT2D eigenvalue weighted by atomic mass is 9.93. The Bertz CT molecular complexity index is 3170. The molecule has 0 atom stereocenters. The van der Waals surface area contributed by atoms with Gasteiger partial charge in [-0.25, -0.2) is 0 Å². The van der Waals surface area contributed by atoms with E-state index in [1.54, 1.807) is 0 Å². The maximum Gasteiger partial charge on any atom is 0.137 e. The minimum Gasteiger partial charge on any atom is -0.456 e. The molecule has 3 heteroatoms. The summed E-state index contributed by atoms with van der Waals surface area (Å²) in [7, 11) is 0. The van der Waals surface area contributed by atoms with Crippen molar-refractivity contribution in [3.63, 3.8) is 0 Å². The van der Waals surface area contributed by atoms with Crippen LogP contribution in [-0.4, -0.2) is 0 Å². The van der Waals surface area contributed by atoms with E-state index in [2.05, 4.69) is 169 Å². The monoisotopic (exact) mass is 677 g/mol. The molecule has 9 aromatic carbocycles. The van der Waals surface area contributed by atoms with Gasteiger partial charge < -0.3 is 13.7 Å². The Kier molecular flexibility index (Phi) is 6.55. The first-order chi connectivity index (χ1) is 26.3. The van der Waals surface area contributed by atoms with Gasteiger partial charge in [0.25, 0.3) is 0 Å². The highest BCUT2D eigenvalue weighted by Crippen LogP contribution is 2.44. The molecule has 0 spiro atoms. The van der Waals surface area contributed by atoms with Crippen LogP contribution in [0.1, 0.15) is 0 Å². The second kappa shape index (κ2) is 11.7. The van der Waals surface area contributed by atoms with Gasteiger partial charge in [0.1, 0.15) is 22.3 Å². The van der Waals surface area contributed by atoms with Crippen molar-refractivity contribution in [2.24, 2.45) is 0 Å². The van der Waals surface area contributed by atoms with E-state index in [-0.39, 0.29) is 0 Å². The fraction of sp³-hybridized carbons (Fsp3) is 0. The maximum absolute atomic E-state index is 6.37. The molecule has 2 heterocycles. The molecule has 53 heavy (non-hydrogen) atoms. The number of benzene rings is 9. The molecule has 0 bridgehead atoms. The van der Waals surface area contributed by atoms with Gasteiger partial charge in [0.2, 0.25) is 0 Å². The standard InChI is InChI=1S/C50H31NO2/c1-2-11-38-35(10-1)31-43(40-13-4-3-12-39(38)40)33-22-27-37(28-23-33)51(45-16-9-19-49-50(45)42-15-6-8-18-47(42)53-49)36-25-20-32(21-26-36)34-24-29-48-44(30-34)41-14-5-7-17-46(41)52-48/h1-31H. The van der Waals surface area contributed by atoms with Gasteiger partial charge >= 0.3 is 0 Å². The number of fused-ring (bicyclic) bond motifs is 9. The average Bonchev–Trinajstić information content (AvgIpc) is 3.80. The highest BCUT2D eigenvalue weighted by Gasteiger charge is 2.20. The second-order valence-electron chi connectivity index (χ2n) is 13.7. The number of anilines is 3. The second-order valence-corrected chi connectivity index (χ2v) is 13.7. The van der Waals surface area contributed by atoms with Gasteiger partial charge in [0.05, 0.1) is 11.1 Å². The molecule has 0 N–H and O–H groups in total. The Balaban J connectivity index is 1.06. The van der Waals surface area contributed by atoms with Gasteiger partial charge in [-0.2, -0.15) is 0 Å². The third-order valence-corrected chi connectivity index (χ3v) is 10.7. The van der Waals surface area contributed by atoms with E-state index < -0.39 is 0 Å². The van der Waals surface area contributed by atoms with Crippen molar-refractivity contribution in [2.45, 2.75) is 0 Å². The smallest absolute Gasteiger partial charge is 0.137 e. The van der Waals surface area contributed by atoms with Crippen LogP contribution in [0, 0.1) is 0 Å². The van der Waals surface area contributed by atoms with Crippen LogP contribution in [-0.2, 0) is 0 Å². The lowest BCUT2D eigenvalue weighted by molar-refractivity contribution is 0.668. The normalized spacial score (nSPS) is 11.8. The molecule has 0 aliphatic rings. The third kappa shape index (κ3) is 4.75. The molecule has 0 unspecified atom stereocenters. The number of rotatable bonds is 5. The van der Waals surface area contributed by atoms with Crippen molar-refractivity contribution < 1.29 is 8.83 Å². The molecule has 11 aromatic rings. The molecule has 0 aliphatic heterocycles. The van der Waals surface area contributed by atoms with Gasteiger partial charge in [-0.1, -0.05) is 121 Å². The summed E-state index contributed by atoms with van der Waals surface area (Å²) in [6.07, 6.45) is 0. The van der Waals surface area contributed by atoms with Gasteiger partial charge in [0, 0.05) is 27.5 Å². The first kappa shape index (κ1) is 29.6. The Labute approximate surface area is 305 Å². The number of furan rings is 2. The molecule has 0 saturated heterocycles. The summed E-state index contributed by atoms with van der Waals surface area (Å²) in [5.74, 6) is 0. The van der Waals surface area contributed by atoms with Crippen LogP contribution in [0.15, 0.2) is 197 Å². The molecule has 248 valence electrons. The van der Waals surface area contributed by atoms with Crippen LogP contribution in [0.4, 0.5) is 17.1 Å². The molecule has 2 aromatic heterocycles. The summed E-state index contributed by atoms with van der Waals surface area (Å²) in [6.45, 7) is 0. The molecule has 0 amide bonds. The van der Waals surface area contributed by atoms with Gasteiger partial charge in [-0.05, 0) is 111 Å². The van der Waals surface area contributed by atoms with Gasteiger partial charge in [-0.15, -0.1) is 0 Å². The van der Waals surface area contributed by atoms with E-state index in [0.717, 1.165) is 72.1 Å². The molecule has 0 fully saturated rings. The summed E-state index contributed by atoms with van der Waals surface area (Å²) in [5.41, 5.74) is 11.5. The van der Waals surface area contributed by atoms with E-state index in [4.69, 9.17) is 8.83 Å². The maximum atomic E-state index is 6.37. The number of para-hydroxylation sites is 2. The van der Waals surface area contributed by atoms with Crippen LogP contribution in [0.2, 0.25) is 0 Å². The number of nitrogens with zero attached hydrogens (tertiary/aromatic N) is 1. The highest BCUT2D eigenvalue weighted by molar-refractivity contribution is 6.15. The quantitative estimate of drug-likeness (QED) is 0.170. The zero-order chi connectivity index (χ0) is 34.9. The van der Waals surface area contributed by atoms with Crippen LogP contribution in [0.5, 0.6) is 0 Å². The van der Waals surface area contributed by atoms with E-state index in [9.17, 15) is 0 Å². The third-order valence-electron chi connectivity index (χ3n) is 10.7. The Morgan fingerprint density at radius 2 is 0.868 bits per heavy atom. The van der Waals surface area contributed by atoms with E-state index in [1.165, 1.54) is 32.7 Å². The first-order valence-electron chi connectivity index (χ1n) is 18.0. The predicted molar refractivity (Wildman–Crippen MR) is 222 cm³/mol. The van der Waals surface area contributed by atoms with Crippen molar-refractivity contribution in [1.82, 2.24) is 0 Å². The first-order valence-corrected chi connectivity index (χ1v) is 18.0. The molecular formula is C50H31NO2. The summed E-state index contributed by atoms with van der Waals surface area (Å²) in [5, 5.41) is 9.48. The number of hydrogen-bond donors (Lipinski definition) is 0. The molecule has 0 radical (unpaired) electrons. The van der Waals surface area contributed by atoms with Crippen molar-refractivity contribution in [1.29, 1.82) is 0 Å². The molecule has 0 aliphatic carbocycles. The van der Waals surface area contributed by atoms with Crippen LogP contribution >= 0.6 is 0 Å². The van der Waals surface area contributed by atoms with Crippen molar-refractivity contribution in [3.8, 4) is 22.3 Å². The molecule has 3 nitrogen and oxygen atoms in total. The Morgan fingerprint density at radius 1 is 0.321 bits per heavy atom. The van der Waals surface area contributed by atoms with Crippen LogP contribution < -0.4 is 4.90 Å². The van der Waals surface area contributed by atoms with Crippen molar-refractivity contribution in [3.05, 3.63) is 188 Å². The van der Waals surface area contributed by atoms with E-state index in [1.807, 2.05) is 24.3 Å². The molecule has 0 saturated carbocycles. The Morgan fingerprint density at radius 3 is 1.64 bits per heavy atom. The minimum absolute atomic E-state index is 0.866. The molecule has 11 rings (SSSR count). The van der Waals surface area contributed by atoms with E-state index in [0.29, 0.717) is 0 Å². The lowest BCUT2D eigenvalue weighted by Crippen LogP contribution is -2.10. The summed E-state index contributed by atoms with van der Waals surface area (Å²) < 4.78 is 12.5. The topological polar surface area (TPSA) is 29.5 Å². The van der Waals surface area contributed by atoms with Crippen molar-refractivity contribution >= 4 is 82.5 Å². The average molecular weight is 678 g/mol. The predicted octanol–water partition coefficient (Wildman–Crippen LogP) is 14.6. The van der Waals surface area contributed by atoms with Crippen LogP contribution in [0.25, 0.3) is 87.7 Å². The fourth-order valence-electron chi connectivity index (χ4n) is 8.16. The largest absolute Gasteiger partial charge is 0.456 e. The summed E-state index contributed by atoms with van der Waals surface area (Å²) in [4.78, 5) is 2.35. The Hall–Kier alpha value is -7.10. The van der Waals surface area contributed by atoms with Gasteiger partial charge in [0.15, 0.2) is 0 Å². The zero-order valence-electron chi connectivity index (χ0n) is 28.7. The molecular weight excluding hydrogens is 647 g/mol. The number of hydrogen-bond acceptors (Lipinski definition) is 3. The SMILES string of the molecule is c1ccc2c(c1)cc(-c1ccc(N(c3ccc(-c4ccc5oc6ccccc6c5c4)cc3)c3cccc4oc5ccccc5c34)cc1)c1ccccc12. The summed E-state index contributed by atoms with van der Waals surface area (Å²) >= 11 is 0. The van der Waals surface area contributed by atoms with Crippen LogP contribution in [0.3, 0.4) is 0 Å². The fourth-order valence-corrected chi connectivity index (χ4v) is 8.16. The van der Waals surface area contributed by atoms with E-state index >= 15 is 0 Å². The minimum atomic E-state index is 0.866. The van der Waals surface area contributed by atoms with Gasteiger partial charge in [-0.3, -0.25) is 0 Å².